The number of ether oxygens (including phenoxy) is 1. The molecule has 7 heteroatoms. The van der Waals surface area contributed by atoms with E-state index < -0.39 is 17.2 Å². The van der Waals surface area contributed by atoms with Gasteiger partial charge in [0.1, 0.15) is 5.69 Å². The molecule has 0 N–H and O–H groups in total. The zero-order valence-electron chi connectivity index (χ0n) is 10.7. The minimum absolute atomic E-state index is 0.118. The summed E-state index contributed by atoms with van der Waals surface area (Å²) in [7, 11) is 1.15. The number of carbonyl (C=O) groups is 1. The molecule has 0 saturated heterocycles. The molecule has 104 valence electrons. The molecule has 0 atom stereocenters. The molecule has 1 aromatic carbocycles. The van der Waals surface area contributed by atoms with Gasteiger partial charge in [-0.2, -0.15) is 5.10 Å². The van der Waals surface area contributed by atoms with E-state index >= 15 is 0 Å². The molecule has 0 spiro atoms. The lowest BCUT2D eigenvalue weighted by molar-refractivity contribution is 0.0590. The van der Waals surface area contributed by atoms with Gasteiger partial charge in [0.05, 0.1) is 11.6 Å². The van der Waals surface area contributed by atoms with Crippen LogP contribution in [0.2, 0.25) is 0 Å². The quantitative estimate of drug-likeness (QED) is 0.786. The van der Waals surface area contributed by atoms with Crippen LogP contribution in [-0.2, 0) is 4.74 Å². The molecule has 0 unspecified atom stereocenters. The molecule has 0 aliphatic heterocycles. The highest BCUT2D eigenvalue weighted by Crippen LogP contribution is 2.21. The molecule has 0 radical (unpaired) electrons. The summed E-state index contributed by atoms with van der Waals surface area (Å²) in [6.45, 7) is 1.52. The zero-order valence-corrected chi connectivity index (χ0v) is 12.3. The SMILES string of the molecule is COC(=O)c1nn(-c2cccc(Br)c2F)cc(C)c1=O. The van der Waals surface area contributed by atoms with Gasteiger partial charge >= 0.3 is 5.97 Å². The number of hydrogen-bond acceptors (Lipinski definition) is 4. The van der Waals surface area contributed by atoms with Crippen molar-refractivity contribution in [1.82, 2.24) is 9.78 Å². The Morgan fingerprint density at radius 2 is 2.15 bits per heavy atom. The van der Waals surface area contributed by atoms with Crippen LogP contribution in [0, 0.1) is 12.7 Å². The van der Waals surface area contributed by atoms with Crippen molar-refractivity contribution in [2.45, 2.75) is 6.92 Å². The third kappa shape index (κ3) is 2.49. The highest BCUT2D eigenvalue weighted by molar-refractivity contribution is 9.10. The van der Waals surface area contributed by atoms with E-state index in [0.29, 0.717) is 0 Å². The molecule has 0 fully saturated rings. The van der Waals surface area contributed by atoms with Gasteiger partial charge in [-0.05, 0) is 35.0 Å². The van der Waals surface area contributed by atoms with E-state index in [-0.39, 0.29) is 21.4 Å². The molecule has 0 amide bonds. The van der Waals surface area contributed by atoms with Gasteiger partial charge in [0.25, 0.3) is 0 Å². The summed E-state index contributed by atoms with van der Waals surface area (Å²) in [5.74, 6) is -1.40. The van der Waals surface area contributed by atoms with Crippen molar-refractivity contribution in [2.24, 2.45) is 0 Å². The monoisotopic (exact) mass is 340 g/mol. The first-order chi connectivity index (χ1) is 9.45. The van der Waals surface area contributed by atoms with Crippen LogP contribution >= 0.6 is 15.9 Å². The lowest BCUT2D eigenvalue weighted by atomic mass is 10.2. The number of carbonyl (C=O) groups excluding carboxylic acids is 1. The average molecular weight is 341 g/mol. The standard InChI is InChI=1S/C13H10BrFN2O3/c1-7-6-17(9-5-3-4-8(14)10(9)15)16-11(12(7)18)13(19)20-2/h3-6H,1-2H3. The molecule has 2 aromatic rings. The highest BCUT2D eigenvalue weighted by Gasteiger charge is 2.17. The molecule has 2 rings (SSSR count). The van der Waals surface area contributed by atoms with Crippen LogP contribution in [-0.4, -0.2) is 22.9 Å². The minimum Gasteiger partial charge on any atom is -0.464 e. The Bertz CT molecular complexity index is 743. The summed E-state index contributed by atoms with van der Waals surface area (Å²) >= 11 is 3.07. The first-order valence-corrected chi connectivity index (χ1v) is 6.38. The molecule has 1 heterocycles. The van der Waals surface area contributed by atoms with Gasteiger partial charge in [0.15, 0.2) is 5.82 Å². The fraction of sp³-hybridized carbons (Fsp3) is 0.154. The van der Waals surface area contributed by atoms with Gasteiger partial charge in [-0.1, -0.05) is 6.07 Å². The number of rotatable bonds is 2. The van der Waals surface area contributed by atoms with Gasteiger partial charge in [0, 0.05) is 11.8 Å². The van der Waals surface area contributed by atoms with E-state index in [0.717, 1.165) is 11.8 Å². The first kappa shape index (κ1) is 14.4. The van der Waals surface area contributed by atoms with Crippen LogP contribution in [0.5, 0.6) is 0 Å². The number of esters is 1. The van der Waals surface area contributed by atoms with Gasteiger partial charge in [-0.3, -0.25) is 4.79 Å². The molecule has 0 aliphatic carbocycles. The average Bonchev–Trinajstić information content (AvgIpc) is 2.44. The second-order valence-corrected chi connectivity index (χ2v) is 4.85. The summed E-state index contributed by atoms with van der Waals surface area (Å²) < 4.78 is 19.9. The topological polar surface area (TPSA) is 61.2 Å². The second-order valence-electron chi connectivity index (χ2n) is 4.00. The van der Waals surface area contributed by atoms with Crippen LogP contribution in [0.25, 0.3) is 5.69 Å². The van der Waals surface area contributed by atoms with Crippen LogP contribution in [0.4, 0.5) is 4.39 Å². The molecular formula is C13H10BrFN2O3. The Labute approximate surface area is 122 Å². The number of benzene rings is 1. The van der Waals surface area contributed by atoms with E-state index in [4.69, 9.17) is 0 Å². The Morgan fingerprint density at radius 3 is 2.80 bits per heavy atom. The maximum absolute atomic E-state index is 14.0. The van der Waals surface area contributed by atoms with Crippen LogP contribution in [0.15, 0.2) is 33.7 Å². The molecule has 0 aliphatic rings. The van der Waals surface area contributed by atoms with Crippen LogP contribution < -0.4 is 5.43 Å². The van der Waals surface area contributed by atoms with Crippen LogP contribution in [0.3, 0.4) is 0 Å². The van der Waals surface area contributed by atoms with Gasteiger partial charge in [-0.15, -0.1) is 0 Å². The molecule has 20 heavy (non-hydrogen) atoms. The molecule has 0 bridgehead atoms. The zero-order chi connectivity index (χ0) is 14.9. The van der Waals surface area contributed by atoms with E-state index in [2.05, 4.69) is 25.8 Å². The third-order valence-corrected chi connectivity index (χ3v) is 3.27. The van der Waals surface area contributed by atoms with Crippen molar-refractivity contribution in [3.63, 3.8) is 0 Å². The summed E-state index contributed by atoms with van der Waals surface area (Å²) in [5.41, 5.74) is -0.539. The maximum atomic E-state index is 14.0. The lowest BCUT2D eigenvalue weighted by Crippen LogP contribution is -2.24. The normalized spacial score (nSPS) is 10.4. The number of halogens is 2. The molecule has 5 nitrogen and oxygen atoms in total. The highest BCUT2D eigenvalue weighted by atomic mass is 79.9. The van der Waals surface area contributed by atoms with Crippen LogP contribution in [0.1, 0.15) is 16.1 Å². The Kier molecular flexibility index (Phi) is 3.99. The van der Waals surface area contributed by atoms with E-state index in [1.54, 1.807) is 6.07 Å². The van der Waals surface area contributed by atoms with Crippen molar-refractivity contribution >= 4 is 21.9 Å². The summed E-state index contributed by atoms with van der Waals surface area (Å²) in [6.07, 6.45) is 1.36. The minimum atomic E-state index is -0.858. The Hall–Kier alpha value is -2.02. The number of hydrogen-bond donors (Lipinski definition) is 0. The third-order valence-electron chi connectivity index (χ3n) is 2.65. The number of aromatic nitrogens is 2. The van der Waals surface area contributed by atoms with Gasteiger partial charge in [-0.25, -0.2) is 13.9 Å². The number of methoxy groups -OCH3 is 1. The fourth-order valence-electron chi connectivity index (χ4n) is 1.63. The summed E-state index contributed by atoms with van der Waals surface area (Å²) in [6, 6.07) is 4.64. The van der Waals surface area contributed by atoms with Gasteiger partial charge < -0.3 is 4.74 Å². The van der Waals surface area contributed by atoms with E-state index in [9.17, 15) is 14.0 Å². The Morgan fingerprint density at radius 1 is 1.45 bits per heavy atom. The largest absolute Gasteiger partial charge is 0.464 e. The first-order valence-electron chi connectivity index (χ1n) is 5.59. The van der Waals surface area contributed by atoms with Crippen molar-refractivity contribution in [2.75, 3.05) is 7.11 Å². The van der Waals surface area contributed by atoms with Gasteiger partial charge in [0.2, 0.25) is 11.1 Å². The predicted octanol–water partition coefficient (Wildman–Crippen LogP) is 2.23. The fourth-order valence-corrected chi connectivity index (χ4v) is 1.99. The molecule has 0 saturated carbocycles. The number of nitrogens with zero attached hydrogens (tertiary/aromatic N) is 2. The summed E-state index contributed by atoms with van der Waals surface area (Å²) in [4.78, 5) is 23.3. The predicted molar refractivity (Wildman–Crippen MR) is 73.6 cm³/mol. The van der Waals surface area contributed by atoms with E-state index in [1.165, 1.54) is 25.3 Å². The van der Waals surface area contributed by atoms with Crippen molar-refractivity contribution in [1.29, 1.82) is 0 Å². The second kappa shape index (κ2) is 5.54. The maximum Gasteiger partial charge on any atom is 0.362 e. The lowest BCUT2D eigenvalue weighted by Gasteiger charge is -2.10. The molecule has 1 aromatic heterocycles. The summed E-state index contributed by atoms with van der Waals surface area (Å²) in [5, 5.41) is 3.84. The molecular weight excluding hydrogens is 331 g/mol. The van der Waals surface area contributed by atoms with Crippen molar-refractivity contribution in [3.05, 3.63) is 56.2 Å². The Balaban J connectivity index is 2.70. The van der Waals surface area contributed by atoms with E-state index in [1.807, 2.05) is 0 Å². The van der Waals surface area contributed by atoms with Crippen molar-refractivity contribution < 1.29 is 13.9 Å². The van der Waals surface area contributed by atoms with Crippen molar-refractivity contribution in [3.8, 4) is 5.69 Å². The number of aryl methyl sites for hydroxylation is 1. The smallest absolute Gasteiger partial charge is 0.362 e.